The van der Waals surface area contributed by atoms with Crippen LogP contribution in [0.5, 0.6) is 0 Å². The van der Waals surface area contributed by atoms with Crippen LogP contribution in [0.3, 0.4) is 0 Å². The molecule has 1 unspecified atom stereocenters. The molecule has 0 aromatic carbocycles. The van der Waals surface area contributed by atoms with Crippen molar-refractivity contribution in [3.63, 3.8) is 0 Å². The molecule has 0 aliphatic heterocycles. The summed E-state index contributed by atoms with van der Waals surface area (Å²) in [5.74, 6) is 1.29. The summed E-state index contributed by atoms with van der Waals surface area (Å²) in [6.45, 7) is 0. The Bertz CT molecular complexity index is 446. The average molecular weight is 249 g/mol. The van der Waals surface area contributed by atoms with E-state index in [1.807, 2.05) is 0 Å². The Kier molecular flexibility index (Phi) is 3.10. The molecule has 3 rings (SSSR count). The Morgan fingerprint density at radius 1 is 1.22 bits per heavy atom. The lowest BCUT2D eigenvalue weighted by Gasteiger charge is -2.17. The number of aromatic nitrogens is 1. The summed E-state index contributed by atoms with van der Waals surface area (Å²) in [4.78, 5) is 15.6. The minimum absolute atomic E-state index is 0.276. The van der Waals surface area contributed by atoms with Crippen molar-refractivity contribution in [1.82, 2.24) is 4.98 Å². The summed E-state index contributed by atoms with van der Waals surface area (Å²) in [5, 5.41) is 9.06. The summed E-state index contributed by atoms with van der Waals surface area (Å²) in [6, 6.07) is 0. The van der Waals surface area contributed by atoms with Gasteiger partial charge in [0.2, 0.25) is 0 Å². The number of carboxylic acids is 1. The number of carboxylic acid groups (broad SMARTS) is 1. The predicted molar refractivity (Wildman–Crippen MR) is 65.5 cm³/mol. The van der Waals surface area contributed by atoms with E-state index in [2.05, 4.69) is 4.98 Å². The molecule has 0 amide bonds. The van der Waals surface area contributed by atoms with Crippen molar-refractivity contribution in [2.45, 2.75) is 57.3 Å². The van der Waals surface area contributed by atoms with E-state index in [9.17, 15) is 4.79 Å². The van der Waals surface area contributed by atoms with Gasteiger partial charge in [0.25, 0.3) is 0 Å². The number of hydrogen-bond acceptors (Lipinski definition) is 3. The Labute approximate surface area is 106 Å². The standard InChI is InChI=1S/C14H19NO3/c16-14(17)10-6-7-12-11(8-10)15-13(18-12)9-4-2-1-3-5-9/h9-10H,1-8H2,(H,16,17). The lowest BCUT2D eigenvalue weighted by Crippen LogP contribution is -2.21. The van der Waals surface area contributed by atoms with Crippen LogP contribution >= 0.6 is 0 Å². The number of hydrogen-bond donors (Lipinski definition) is 1. The average Bonchev–Trinajstić information content (AvgIpc) is 2.82. The van der Waals surface area contributed by atoms with Gasteiger partial charge in [-0.1, -0.05) is 19.3 Å². The zero-order chi connectivity index (χ0) is 12.5. The minimum atomic E-state index is -0.706. The maximum atomic E-state index is 11.0. The monoisotopic (exact) mass is 249 g/mol. The van der Waals surface area contributed by atoms with E-state index in [4.69, 9.17) is 9.52 Å². The number of aliphatic carboxylic acids is 1. The highest BCUT2D eigenvalue weighted by Gasteiger charge is 2.30. The molecule has 1 N–H and O–H groups in total. The Morgan fingerprint density at radius 2 is 2.00 bits per heavy atom. The van der Waals surface area contributed by atoms with Crippen molar-refractivity contribution < 1.29 is 14.3 Å². The van der Waals surface area contributed by atoms with E-state index in [0.717, 1.165) is 23.8 Å². The van der Waals surface area contributed by atoms with Gasteiger partial charge in [0, 0.05) is 18.8 Å². The summed E-state index contributed by atoms with van der Waals surface area (Å²) in [7, 11) is 0. The smallest absolute Gasteiger partial charge is 0.306 e. The summed E-state index contributed by atoms with van der Waals surface area (Å²) < 4.78 is 5.87. The third kappa shape index (κ3) is 2.16. The summed E-state index contributed by atoms with van der Waals surface area (Å²) >= 11 is 0. The SMILES string of the molecule is O=C(O)C1CCc2oc(C3CCCCC3)nc2C1. The molecule has 18 heavy (non-hydrogen) atoms. The maximum Gasteiger partial charge on any atom is 0.306 e. The van der Waals surface area contributed by atoms with E-state index < -0.39 is 5.97 Å². The van der Waals surface area contributed by atoms with Crippen molar-refractivity contribution in [3.05, 3.63) is 17.3 Å². The van der Waals surface area contributed by atoms with E-state index >= 15 is 0 Å². The first kappa shape index (κ1) is 11.8. The van der Waals surface area contributed by atoms with E-state index in [0.29, 0.717) is 18.8 Å². The molecule has 1 fully saturated rings. The van der Waals surface area contributed by atoms with Crippen LogP contribution in [-0.2, 0) is 17.6 Å². The van der Waals surface area contributed by atoms with Crippen molar-refractivity contribution in [3.8, 4) is 0 Å². The molecule has 1 atom stereocenters. The molecule has 2 aliphatic carbocycles. The molecular weight excluding hydrogens is 230 g/mol. The molecule has 4 nitrogen and oxygen atoms in total. The fraction of sp³-hybridized carbons (Fsp3) is 0.714. The van der Waals surface area contributed by atoms with Crippen LogP contribution in [0.2, 0.25) is 0 Å². The highest BCUT2D eigenvalue weighted by atomic mass is 16.4. The highest BCUT2D eigenvalue weighted by Crippen LogP contribution is 2.35. The van der Waals surface area contributed by atoms with Gasteiger partial charge >= 0.3 is 5.97 Å². The Morgan fingerprint density at radius 3 is 2.72 bits per heavy atom. The number of carbonyl (C=O) groups is 1. The zero-order valence-electron chi connectivity index (χ0n) is 10.5. The summed E-state index contributed by atoms with van der Waals surface area (Å²) in [5.41, 5.74) is 0.897. The number of fused-ring (bicyclic) bond motifs is 1. The number of oxazole rings is 1. The molecule has 98 valence electrons. The number of aryl methyl sites for hydroxylation is 1. The first-order valence-electron chi connectivity index (χ1n) is 6.95. The molecule has 1 aromatic heterocycles. The molecule has 0 spiro atoms. The normalized spacial score (nSPS) is 24.8. The fourth-order valence-corrected chi connectivity index (χ4v) is 3.13. The quantitative estimate of drug-likeness (QED) is 0.875. The van der Waals surface area contributed by atoms with Gasteiger partial charge in [0.1, 0.15) is 5.76 Å². The second kappa shape index (κ2) is 4.75. The predicted octanol–water partition coefficient (Wildman–Crippen LogP) is 2.91. The first-order chi connectivity index (χ1) is 8.74. The largest absolute Gasteiger partial charge is 0.481 e. The van der Waals surface area contributed by atoms with Gasteiger partial charge < -0.3 is 9.52 Å². The van der Waals surface area contributed by atoms with Gasteiger partial charge in [-0.25, -0.2) is 4.98 Å². The zero-order valence-corrected chi connectivity index (χ0v) is 10.5. The Hall–Kier alpha value is -1.32. The van der Waals surface area contributed by atoms with Gasteiger partial charge in [0.05, 0.1) is 11.6 Å². The maximum absolute atomic E-state index is 11.0. The van der Waals surface area contributed by atoms with Crippen LogP contribution < -0.4 is 0 Å². The van der Waals surface area contributed by atoms with E-state index in [1.54, 1.807) is 0 Å². The minimum Gasteiger partial charge on any atom is -0.481 e. The molecule has 0 saturated heterocycles. The van der Waals surface area contributed by atoms with E-state index in [-0.39, 0.29) is 5.92 Å². The van der Waals surface area contributed by atoms with Crippen molar-refractivity contribution in [2.24, 2.45) is 5.92 Å². The third-order valence-corrected chi connectivity index (χ3v) is 4.26. The van der Waals surface area contributed by atoms with Crippen LogP contribution in [0.25, 0.3) is 0 Å². The van der Waals surface area contributed by atoms with Gasteiger partial charge in [0.15, 0.2) is 5.89 Å². The van der Waals surface area contributed by atoms with Crippen LogP contribution in [0.15, 0.2) is 4.42 Å². The second-order valence-electron chi connectivity index (χ2n) is 5.53. The van der Waals surface area contributed by atoms with Gasteiger partial charge in [-0.15, -0.1) is 0 Å². The van der Waals surface area contributed by atoms with Crippen LogP contribution in [0.1, 0.15) is 61.8 Å². The van der Waals surface area contributed by atoms with Crippen molar-refractivity contribution >= 4 is 5.97 Å². The number of nitrogens with zero attached hydrogens (tertiary/aromatic N) is 1. The van der Waals surface area contributed by atoms with Gasteiger partial charge in [-0.05, 0) is 19.3 Å². The van der Waals surface area contributed by atoms with Crippen molar-refractivity contribution in [1.29, 1.82) is 0 Å². The summed E-state index contributed by atoms with van der Waals surface area (Å²) in [6.07, 6.45) is 8.13. The lowest BCUT2D eigenvalue weighted by atomic mass is 9.89. The van der Waals surface area contributed by atoms with E-state index in [1.165, 1.54) is 32.1 Å². The second-order valence-corrected chi connectivity index (χ2v) is 5.53. The molecular formula is C14H19NO3. The molecule has 4 heteroatoms. The molecule has 0 radical (unpaired) electrons. The fourth-order valence-electron chi connectivity index (χ4n) is 3.13. The van der Waals surface area contributed by atoms with Crippen LogP contribution in [0.4, 0.5) is 0 Å². The third-order valence-electron chi connectivity index (χ3n) is 4.26. The Balaban J connectivity index is 1.78. The molecule has 1 saturated carbocycles. The van der Waals surface area contributed by atoms with Gasteiger partial charge in [-0.3, -0.25) is 4.79 Å². The van der Waals surface area contributed by atoms with Crippen LogP contribution in [0, 0.1) is 5.92 Å². The first-order valence-corrected chi connectivity index (χ1v) is 6.95. The molecule has 1 heterocycles. The lowest BCUT2D eigenvalue weighted by molar-refractivity contribution is -0.142. The van der Waals surface area contributed by atoms with Crippen LogP contribution in [-0.4, -0.2) is 16.1 Å². The number of rotatable bonds is 2. The highest BCUT2D eigenvalue weighted by molar-refractivity contribution is 5.70. The van der Waals surface area contributed by atoms with Crippen molar-refractivity contribution in [2.75, 3.05) is 0 Å². The topological polar surface area (TPSA) is 63.3 Å². The van der Waals surface area contributed by atoms with Gasteiger partial charge in [-0.2, -0.15) is 0 Å². The molecule has 1 aromatic rings. The molecule has 2 aliphatic rings. The molecule has 0 bridgehead atoms.